The maximum Gasteiger partial charge on any atom is 0.305 e. The van der Waals surface area contributed by atoms with E-state index in [1.807, 2.05) is 0 Å². The van der Waals surface area contributed by atoms with Crippen molar-refractivity contribution in [1.29, 1.82) is 0 Å². The fourth-order valence-corrected chi connectivity index (χ4v) is 2.71. The second-order valence-corrected chi connectivity index (χ2v) is 7.40. The number of carbonyl (C=O) groups is 4. The van der Waals surface area contributed by atoms with E-state index in [4.69, 9.17) is 9.47 Å². The minimum Gasteiger partial charge on any atom is -0.469 e. The Morgan fingerprint density at radius 2 is 0.903 bits per heavy atom. The van der Waals surface area contributed by atoms with Crippen molar-refractivity contribution in [3.63, 3.8) is 0 Å². The number of hydrogen-bond donors (Lipinski definition) is 1. The van der Waals surface area contributed by atoms with Crippen LogP contribution in [0.25, 0.3) is 0 Å². The quantitative estimate of drug-likeness (QED) is 0.181. The van der Waals surface area contributed by atoms with Crippen LogP contribution in [0.4, 0.5) is 0 Å². The van der Waals surface area contributed by atoms with Gasteiger partial charge in [0, 0.05) is 25.7 Å². The Bertz CT molecular complexity index is 475. The summed E-state index contributed by atoms with van der Waals surface area (Å²) in [5.74, 6) is -1.63. The van der Waals surface area contributed by atoms with Gasteiger partial charge in [0.25, 0.3) is 0 Å². The standard InChI is InChI=1S/C22H38O9/c1-28-19(24)11-7-3-5-9-13-21(26)30-16-18(15-23)17-31-22(27)14-10-6-4-8-12-20(25)29-2/h18,23H,3-17H2,1-2H3. The number of aliphatic hydroxyl groups excluding tert-OH is 1. The van der Waals surface area contributed by atoms with E-state index in [0.29, 0.717) is 25.7 Å². The first kappa shape index (κ1) is 28.8. The van der Waals surface area contributed by atoms with Crippen LogP contribution in [-0.2, 0) is 38.1 Å². The van der Waals surface area contributed by atoms with Gasteiger partial charge in [-0.2, -0.15) is 0 Å². The molecule has 0 fully saturated rings. The zero-order valence-corrected chi connectivity index (χ0v) is 18.9. The molecule has 0 aliphatic carbocycles. The van der Waals surface area contributed by atoms with Crippen molar-refractivity contribution in [2.75, 3.05) is 34.0 Å². The second kappa shape index (κ2) is 19.8. The highest BCUT2D eigenvalue weighted by atomic mass is 16.5. The molecule has 1 N–H and O–H groups in total. The number of methoxy groups -OCH3 is 2. The third-order valence-corrected chi connectivity index (χ3v) is 4.70. The van der Waals surface area contributed by atoms with Crippen molar-refractivity contribution in [1.82, 2.24) is 0 Å². The molecule has 0 rings (SSSR count). The monoisotopic (exact) mass is 446 g/mol. The van der Waals surface area contributed by atoms with Crippen LogP contribution >= 0.6 is 0 Å². The number of ether oxygens (including phenoxy) is 4. The molecule has 9 nitrogen and oxygen atoms in total. The van der Waals surface area contributed by atoms with Crippen LogP contribution < -0.4 is 0 Å². The van der Waals surface area contributed by atoms with Crippen molar-refractivity contribution in [3.8, 4) is 0 Å². The molecule has 0 aliphatic rings. The molecule has 0 saturated carbocycles. The molecule has 0 amide bonds. The van der Waals surface area contributed by atoms with Crippen LogP contribution in [0.3, 0.4) is 0 Å². The molecule has 0 unspecified atom stereocenters. The number of rotatable bonds is 19. The third kappa shape index (κ3) is 18.3. The molecular weight excluding hydrogens is 408 g/mol. The minimum absolute atomic E-state index is 0.00151. The maximum absolute atomic E-state index is 11.8. The Kier molecular flexibility index (Phi) is 18.4. The molecule has 0 aromatic carbocycles. The molecule has 31 heavy (non-hydrogen) atoms. The molecule has 0 heterocycles. The molecule has 0 radical (unpaired) electrons. The lowest BCUT2D eigenvalue weighted by atomic mass is 10.1. The maximum atomic E-state index is 11.8. The van der Waals surface area contributed by atoms with E-state index in [9.17, 15) is 24.3 Å². The van der Waals surface area contributed by atoms with E-state index < -0.39 is 5.92 Å². The molecule has 0 aromatic rings. The van der Waals surface area contributed by atoms with Gasteiger partial charge in [0.15, 0.2) is 0 Å². The molecule has 0 saturated heterocycles. The summed E-state index contributed by atoms with van der Waals surface area (Å²) in [7, 11) is 2.72. The Balaban J connectivity index is 3.72. The van der Waals surface area contributed by atoms with E-state index in [1.165, 1.54) is 14.2 Å². The van der Waals surface area contributed by atoms with Gasteiger partial charge in [-0.05, 0) is 25.7 Å². The fraction of sp³-hybridized carbons (Fsp3) is 0.818. The lowest BCUT2D eigenvalue weighted by molar-refractivity contribution is -0.150. The smallest absolute Gasteiger partial charge is 0.305 e. The van der Waals surface area contributed by atoms with Crippen LogP contribution in [0.5, 0.6) is 0 Å². The number of unbranched alkanes of at least 4 members (excludes halogenated alkanes) is 6. The minimum atomic E-state index is -0.451. The highest BCUT2D eigenvalue weighted by Gasteiger charge is 2.14. The number of carbonyl (C=O) groups excluding carboxylic acids is 4. The summed E-state index contributed by atoms with van der Waals surface area (Å²) in [4.78, 5) is 45.5. The van der Waals surface area contributed by atoms with E-state index in [-0.39, 0.29) is 56.5 Å². The summed E-state index contributed by atoms with van der Waals surface area (Å²) in [5, 5.41) is 9.37. The van der Waals surface area contributed by atoms with Gasteiger partial charge in [-0.1, -0.05) is 25.7 Å². The van der Waals surface area contributed by atoms with Crippen molar-refractivity contribution < 1.29 is 43.2 Å². The summed E-state index contributed by atoms with van der Waals surface area (Å²) in [6, 6.07) is 0. The van der Waals surface area contributed by atoms with E-state index in [0.717, 1.165) is 38.5 Å². The predicted octanol–water partition coefficient (Wildman–Crippen LogP) is 2.71. The first-order valence-electron chi connectivity index (χ1n) is 11.0. The normalized spacial score (nSPS) is 10.6. The number of hydrogen-bond acceptors (Lipinski definition) is 9. The Morgan fingerprint density at radius 1 is 0.581 bits per heavy atom. The van der Waals surface area contributed by atoms with Crippen LogP contribution in [0.15, 0.2) is 0 Å². The Morgan fingerprint density at radius 3 is 1.19 bits per heavy atom. The van der Waals surface area contributed by atoms with E-state index >= 15 is 0 Å². The summed E-state index contributed by atoms with van der Waals surface area (Å²) in [6.07, 6.45) is 7.40. The van der Waals surface area contributed by atoms with Crippen LogP contribution in [0, 0.1) is 5.92 Å². The molecule has 0 bridgehead atoms. The zero-order chi connectivity index (χ0) is 23.3. The van der Waals surface area contributed by atoms with Gasteiger partial charge in [0.05, 0.1) is 40.0 Å². The lowest BCUT2D eigenvalue weighted by Crippen LogP contribution is -2.23. The molecule has 0 aliphatic heterocycles. The van der Waals surface area contributed by atoms with Gasteiger partial charge in [-0.15, -0.1) is 0 Å². The van der Waals surface area contributed by atoms with Crippen LogP contribution in [0.2, 0.25) is 0 Å². The molecular formula is C22H38O9. The van der Waals surface area contributed by atoms with Gasteiger partial charge in [0.2, 0.25) is 0 Å². The average molecular weight is 447 g/mol. The van der Waals surface area contributed by atoms with Crippen LogP contribution in [-0.4, -0.2) is 63.0 Å². The van der Waals surface area contributed by atoms with Gasteiger partial charge < -0.3 is 24.1 Å². The van der Waals surface area contributed by atoms with Crippen molar-refractivity contribution >= 4 is 23.9 Å². The summed E-state index contributed by atoms with van der Waals surface area (Å²) in [5.41, 5.74) is 0. The predicted molar refractivity (Wildman–Crippen MR) is 112 cm³/mol. The van der Waals surface area contributed by atoms with Crippen molar-refractivity contribution in [3.05, 3.63) is 0 Å². The first-order chi connectivity index (χ1) is 14.9. The molecule has 0 atom stereocenters. The summed E-state index contributed by atoms with van der Waals surface area (Å²) in [6.45, 7) is -0.251. The first-order valence-corrected chi connectivity index (χ1v) is 11.0. The highest BCUT2D eigenvalue weighted by Crippen LogP contribution is 2.09. The summed E-state index contributed by atoms with van der Waals surface area (Å²) < 4.78 is 19.4. The number of aliphatic hydroxyl groups is 1. The third-order valence-electron chi connectivity index (χ3n) is 4.70. The van der Waals surface area contributed by atoms with E-state index in [2.05, 4.69) is 9.47 Å². The molecule has 9 heteroatoms. The van der Waals surface area contributed by atoms with Gasteiger partial charge in [0.1, 0.15) is 0 Å². The van der Waals surface area contributed by atoms with Crippen LogP contribution in [0.1, 0.15) is 77.0 Å². The average Bonchev–Trinajstić information content (AvgIpc) is 2.77. The topological polar surface area (TPSA) is 125 Å². The van der Waals surface area contributed by atoms with Crippen molar-refractivity contribution in [2.45, 2.75) is 77.0 Å². The SMILES string of the molecule is COC(=O)CCCCCCC(=O)OCC(CO)COC(=O)CCCCCCC(=O)OC. The van der Waals surface area contributed by atoms with E-state index in [1.54, 1.807) is 0 Å². The fourth-order valence-electron chi connectivity index (χ4n) is 2.71. The largest absolute Gasteiger partial charge is 0.469 e. The van der Waals surface area contributed by atoms with Gasteiger partial charge >= 0.3 is 23.9 Å². The number of esters is 4. The Hall–Kier alpha value is -2.16. The molecule has 0 aromatic heterocycles. The van der Waals surface area contributed by atoms with Crippen molar-refractivity contribution in [2.24, 2.45) is 5.92 Å². The lowest BCUT2D eigenvalue weighted by Gasteiger charge is -2.15. The zero-order valence-electron chi connectivity index (χ0n) is 18.9. The second-order valence-electron chi connectivity index (χ2n) is 7.40. The van der Waals surface area contributed by atoms with Gasteiger partial charge in [-0.3, -0.25) is 19.2 Å². The van der Waals surface area contributed by atoms with Gasteiger partial charge in [-0.25, -0.2) is 0 Å². The molecule has 180 valence electrons. The summed E-state index contributed by atoms with van der Waals surface area (Å²) >= 11 is 0. The molecule has 0 spiro atoms. The Labute approximate surface area is 184 Å². The highest BCUT2D eigenvalue weighted by molar-refractivity contribution is 5.70.